The van der Waals surface area contributed by atoms with Crippen molar-refractivity contribution >= 4 is 33.6 Å². The second kappa shape index (κ2) is 10.7. The van der Waals surface area contributed by atoms with Crippen molar-refractivity contribution in [3.63, 3.8) is 0 Å². The predicted molar refractivity (Wildman–Crippen MR) is 132 cm³/mol. The number of hydrogen-bond donors (Lipinski definition) is 2. The molecular formula is C25H28BrN5O. The minimum Gasteiger partial charge on any atom is -0.348 e. The van der Waals surface area contributed by atoms with E-state index in [0.717, 1.165) is 36.0 Å². The van der Waals surface area contributed by atoms with Crippen molar-refractivity contribution in [1.29, 1.82) is 0 Å². The molecule has 166 valence electrons. The van der Waals surface area contributed by atoms with E-state index in [0.29, 0.717) is 29.8 Å². The summed E-state index contributed by atoms with van der Waals surface area (Å²) in [5.74, 6) is 1.52. The van der Waals surface area contributed by atoms with E-state index in [1.807, 2.05) is 48.5 Å². The van der Waals surface area contributed by atoms with Gasteiger partial charge in [-0.3, -0.25) is 9.69 Å². The lowest BCUT2D eigenvalue weighted by Gasteiger charge is -2.30. The minimum atomic E-state index is -0.0446. The van der Waals surface area contributed by atoms with Gasteiger partial charge in [-0.1, -0.05) is 46.3 Å². The number of nitrogens with one attached hydrogen (secondary N) is 2. The largest absolute Gasteiger partial charge is 0.348 e. The Hall–Kier alpha value is -2.77. The second-order valence-electron chi connectivity index (χ2n) is 8.13. The van der Waals surface area contributed by atoms with Crippen molar-refractivity contribution in [1.82, 2.24) is 15.3 Å². The van der Waals surface area contributed by atoms with E-state index in [1.165, 1.54) is 0 Å². The number of benzene rings is 2. The number of amides is 1. The standard InChI is InChI=1S/C25H28BrN5O/c1-18(20-5-3-2-4-6-20)29-25-28-16-13-23(30-25)31(17-19-11-14-27-15-12-19)24(32)21-7-9-22(26)10-8-21/h2-10,13,16,18-19,27H,11-12,14-15,17H2,1H3,(H,28,29,30)/t18-/m0/s1. The van der Waals surface area contributed by atoms with Crippen LogP contribution in [0.5, 0.6) is 0 Å². The molecule has 1 amide bonds. The number of anilines is 2. The summed E-state index contributed by atoms with van der Waals surface area (Å²) >= 11 is 3.45. The number of halogens is 1. The Bertz CT molecular complexity index is 1020. The molecule has 3 aromatic rings. The molecule has 2 N–H and O–H groups in total. The maximum Gasteiger partial charge on any atom is 0.259 e. The summed E-state index contributed by atoms with van der Waals surface area (Å²) in [6, 6.07) is 19.5. The first-order valence-electron chi connectivity index (χ1n) is 11.0. The molecule has 1 saturated heterocycles. The highest BCUT2D eigenvalue weighted by Gasteiger charge is 2.24. The van der Waals surface area contributed by atoms with Crippen LogP contribution < -0.4 is 15.5 Å². The Kier molecular flexibility index (Phi) is 7.50. The van der Waals surface area contributed by atoms with Crippen LogP contribution in [-0.4, -0.2) is 35.5 Å². The number of carbonyl (C=O) groups is 1. The van der Waals surface area contributed by atoms with Crippen LogP contribution in [0.15, 0.2) is 71.3 Å². The summed E-state index contributed by atoms with van der Waals surface area (Å²) in [5, 5.41) is 6.76. The molecule has 6 nitrogen and oxygen atoms in total. The van der Waals surface area contributed by atoms with Crippen molar-refractivity contribution in [2.24, 2.45) is 5.92 Å². The van der Waals surface area contributed by atoms with E-state index < -0.39 is 0 Å². The molecule has 1 fully saturated rings. The fourth-order valence-electron chi connectivity index (χ4n) is 3.94. The van der Waals surface area contributed by atoms with Gasteiger partial charge >= 0.3 is 0 Å². The van der Waals surface area contributed by atoms with Crippen LogP contribution in [0.4, 0.5) is 11.8 Å². The Labute approximate surface area is 197 Å². The number of nitrogens with zero attached hydrogens (tertiary/aromatic N) is 3. The molecule has 0 spiro atoms. The van der Waals surface area contributed by atoms with Gasteiger partial charge in [0.15, 0.2) is 0 Å². The maximum absolute atomic E-state index is 13.5. The number of rotatable bonds is 7. The van der Waals surface area contributed by atoms with E-state index in [4.69, 9.17) is 4.98 Å². The summed E-state index contributed by atoms with van der Waals surface area (Å²) in [6.45, 7) is 4.68. The number of carbonyl (C=O) groups excluding carboxylic acids is 1. The van der Waals surface area contributed by atoms with Gasteiger partial charge in [-0.25, -0.2) is 4.98 Å². The van der Waals surface area contributed by atoms with Crippen LogP contribution in [0.25, 0.3) is 0 Å². The van der Waals surface area contributed by atoms with Crippen LogP contribution in [-0.2, 0) is 0 Å². The molecule has 1 atom stereocenters. The molecule has 0 aliphatic carbocycles. The summed E-state index contributed by atoms with van der Waals surface area (Å²) in [7, 11) is 0. The van der Waals surface area contributed by atoms with Crippen LogP contribution >= 0.6 is 15.9 Å². The zero-order valence-electron chi connectivity index (χ0n) is 18.2. The quantitative estimate of drug-likeness (QED) is 0.481. The first kappa shape index (κ1) is 22.4. The molecule has 0 radical (unpaired) electrons. The fraction of sp³-hybridized carbons (Fsp3) is 0.320. The number of piperidine rings is 1. The van der Waals surface area contributed by atoms with Gasteiger partial charge in [0, 0.05) is 22.8 Å². The van der Waals surface area contributed by atoms with Gasteiger partial charge in [0.25, 0.3) is 5.91 Å². The molecule has 1 aliphatic rings. The lowest BCUT2D eigenvalue weighted by molar-refractivity contribution is 0.0980. The third-order valence-electron chi connectivity index (χ3n) is 5.80. The SMILES string of the molecule is C[C@H](Nc1nccc(N(CC2CCNCC2)C(=O)c2ccc(Br)cc2)n1)c1ccccc1. The number of aromatic nitrogens is 2. The van der Waals surface area contributed by atoms with Crippen molar-refractivity contribution in [3.8, 4) is 0 Å². The van der Waals surface area contributed by atoms with Gasteiger partial charge in [0.1, 0.15) is 5.82 Å². The van der Waals surface area contributed by atoms with Crippen molar-refractivity contribution in [2.75, 3.05) is 29.9 Å². The highest BCUT2D eigenvalue weighted by Crippen LogP contribution is 2.23. The highest BCUT2D eigenvalue weighted by molar-refractivity contribution is 9.10. The van der Waals surface area contributed by atoms with Crippen molar-refractivity contribution < 1.29 is 4.79 Å². The summed E-state index contributed by atoms with van der Waals surface area (Å²) in [4.78, 5) is 24.4. The van der Waals surface area contributed by atoms with Gasteiger partial charge in [-0.2, -0.15) is 4.98 Å². The topological polar surface area (TPSA) is 70.2 Å². The fourth-order valence-corrected chi connectivity index (χ4v) is 4.20. The van der Waals surface area contributed by atoms with E-state index in [-0.39, 0.29) is 11.9 Å². The smallest absolute Gasteiger partial charge is 0.259 e. The van der Waals surface area contributed by atoms with Gasteiger partial charge in [0.05, 0.1) is 6.04 Å². The zero-order valence-corrected chi connectivity index (χ0v) is 19.8. The Morgan fingerprint density at radius 3 is 2.56 bits per heavy atom. The van der Waals surface area contributed by atoms with E-state index in [9.17, 15) is 4.79 Å². The normalized spacial score (nSPS) is 15.2. The lowest BCUT2D eigenvalue weighted by Crippen LogP contribution is -2.40. The summed E-state index contributed by atoms with van der Waals surface area (Å²) in [6.07, 6.45) is 3.81. The molecule has 2 heterocycles. The van der Waals surface area contributed by atoms with E-state index in [1.54, 1.807) is 11.1 Å². The molecule has 7 heteroatoms. The van der Waals surface area contributed by atoms with Crippen LogP contribution in [0, 0.1) is 5.92 Å². The Balaban J connectivity index is 1.59. The van der Waals surface area contributed by atoms with Crippen LogP contribution in [0.1, 0.15) is 41.7 Å². The first-order chi connectivity index (χ1) is 15.6. The molecule has 2 aromatic carbocycles. The molecule has 0 bridgehead atoms. The number of hydrogen-bond acceptors (Lipinski definition) is 5. The molecule has 1 aromatic heterocycles. The first-order valence-corrected chi connectivity index (χ1v) is 11.8. The third kappa shape index (κ3) is 5.72. The summed E-state index contributed by atoms with van der Waals surface area (Å²) < 4.78 is 0.947. The average molecular weight is 494 g/mol. The van der Waals surface area contributed by atoms with E-state index >= 15 is 0 Å². The van der Waals surface area contributed by atoms with Gasteiger partial charge in [0.2, 0.25) is 5.95 Å². The Morgan fingerprint density at radius 1 is 1.12 bits per heavy atom. The molecule has 0 saturated carbocycles. The van der Waals surface area contributed by atoms with Crippen molar-refractivity contribution in [2.45, 2.75) is 25.8 Å². The third-order valence-corrected chi connectivity index (χ3v) is 6.33. The predicted octanol–water partition coefficient (Wildman–Crippen LogP) is 5.06. The lowest BCUT2D eigenvalue weighted by atomic mass is 9.97. The second-order valence-corrected chi connectivity index (χ2v) is 9.05. The Morgan fingerprint density at radius 2 is 1.84 bits per heavy atom. The van der Waals surface area contributed by atoms with Gasteiger partial charge < -0.3 is 10.6 Å². The molecular weight excluding hydrogens is 466 g/mol. The molecule has 32 heavy (non-hydrogen) atoms. The van der Waals surface area contributed by atoms with Crippen molar-refractivity contribution in [3.05, 3.63) is 82.5 Å². The molecule has 1 aliphatic heterocycles. The average Bonchev–Trinajstić information content (AvgIpc) is 2.84. The van der Waals surface area contributed by atoms with Gasteiger partial charge in [-0.15, -0.1) is 0 Å². The molecule has 0 unspecified atom stereocenters. The monoisotopic (exact) mass is 493 g/mol. The van der Waals surface area contributed by atoms with Crippen LogP contribution in [0.2, 0.25) is 0 Å². The molecule has 4 rings (SSSR count). The van der Waals surface area contributed by atoms with Crippen LogP contribution in [0.3, 0.4) is 0 Å². The highest BCUT2D eigenvalue weighted by atomic mass is 79.9. The summed E-state index contributed by atoms with van der Waals surface area (Å²) in [5.41, 5.74) is 1.80. The maximum atomic E-state index is 13.5. The zero-order chi connectivity index (χ0) is 22.3. The van der Waals surface area contributed by atoms with Gasteiger partial charge in [-0.05, 0) is 74.7 Å². The van der Waals surface area contributed by atoms with E-state index in [2.05, 4.69) is 50.6 Å². The minimum absolute atomic E-state index is 0.0446.